The number of amides is 1. The van der Waals surface area contributed by atoms with Gasteiger partial charge >= 0.3 is 0 Å². The first-order valence-electron chi connectivity index (χ1n) is 5.81. The Morgan fingerprint density at radius 1 is 1.44 bits per heavy atom. The van der Waals surface area contributed by atoms with Gasteiger partial charge in [0.2, 0.25) is 5.91 Å². The first-order chi connectivity index (χ1) is 7.18. The Kier molecular flexibility index (Phi) is 5.02. The largest absolute Gasteiger partial charge is 0.375 e. The van der Waals surface area contributed by atoms with E-state index in [1.54, 1.807) is 0 Å². The smallest absolute Gasteiger partial charge is 0.227 e. The van der Waals surface area contributed by atoms with Crippen LogP contribution in [0.1, 0.15) is 20.3 Å². The normalized spacial score (nSPS) is 34.6. The van der Waals surface area contributed by atoms with E-state index >= 15 is 0 Å². The topological polar surface area (TPSA) is 41.6 Å². The van der Waals surface area contributed by atoms with Gasteiger partial charge in [-0.2, -0.15) is 0 Å². The van der Waals surface area contributed by atoms with Gasteiger partial charge in [-0.3, -0.25) is 4.79 Å². The Balaban J connectivity index is 0.00000128. The number of hydrogen-bond donors (Lipinski definition) is 1. The lowest BCUT2D eigenvalue weighted by atomic mass is 10.1. The Labute approximate surface area is 103 Å². The van der Waals surface area contributed by atoms with Gasteiger partial charge in [0, 0.05) is 13.1 Å². The van der Waals surface area contributed by atoms with Crippen molar-refractivity contribution in [1.29, 1.82) is 0 Å². The lowest BCUT2D eigenvalue weighted by Crippen LogP contribution is -2.52. The molecule has 4 nitrogen and oxygen atoms in total. The highest BCUT2D eigenvalue weighted by Gasteiger charge is 2.33. The summed E-state index contributed by atoms with van der Waals surface area (Å²) in [6.07, 6.45) is 1.16. The van der Waals surface area contributed by atoms with Crippen molar-refractivity contribution in [3.63, 3.8) is 0 Å². The molecule has 0 aromatic carbocycles. The first kappa shape index (κ1) is 13.7. The van der Waals surface area contributed by atoms with E-state index in [2.05, 4.69) is 12.2 Å². The van der Waals surface area contributed by atoms with Crippen LogP contribution in [-0.2, 0) is 9.53 Å². The average Bonchev–Trinajstić information content (AvgIpc) is 2.74. The highest BCUT2D eigenvalue weighted by Crippen LogP contribution is 2.18. The zero-order valence-electron chi connectivity index (χ0n) is 9.94. The number of carbonyl (C=O) groups excluding carboxylic acids is 1. The van der Waals surface area contributed by atoms with Gasteiger partial charge in [-0.05, 0) is 26.8 Å². The minimum atomic E-state index is 0. The van der Waals surface area contributed by atoms with Crippen molar-refractivity contribution in [3.05, 3.63) is 0 Å². The SMILES string of the molecule is CC1CN(C(=O)[C@H]2CCNC2)C(C)CO1.Cl. The van der Waals surface area contributed by atoms with Crippen LogP contribution in [0.2, 0.25) is 0 Å². The molecule has 0 radical (unpaired) electrons. The van der Waals surface area contributed by atoms with E-state index in [0.29, 0.717) is 12.5 Å². The highest BCUT2D eigenvalue weighted by molar-refractivity contribution is 5.85. The van der Waals surface area contributed by atoms with Gasteiger partial charge in [0.15, 0.2) is 0 Å². The molecule has 0 saturated carbocycles. The van der Waals surface area contributed by atoms with Crippen molar-refractivity contribution in [3.8, 4) is 0 Å². The molecule has 94 valence electrons. The third-order valence-corrected chi connectivity index (χ3v) is 3.30. The van der Waals surface area contributed by atoms with Crippen LogP contribution in [0.3, 0.4) is 0 Å². The van der Waals surface area contributed by atoms with Crippen LogP contribution in [0.15, 0.2) is 0 Å². The maximum Gasteiger partial charge on any atom is 0.227 e. The summed E-state index contributed by atoms with van der Waals surface area (Å²) in [6, 6.07) is 0.231. The Hall–Kier alpha value is -0.320. The third-order valence-electron chi connectivity index (χ3n) is 3.30. The summed E-state index contributed by atoms with van der Waals surface area (Å²) in [5.74, 6) is 0.500. The van der Waals surface area contributed by atoms with E-state index < -0.39 is 0 Å². The minimum Gasteiger partial charge on any atom is -0.375 e. The number of rotatable bonds is 1. The Morgan fingerprint density at radius 2 is 2.19 bits per heavy atom. The van der Waals surface area contributed by atoms with Gasteiger partial charge < -0.3 is 15.0 Å². The summed E-state index contributed by atoms with van der Waals surface area (Å²) in [6.45, 7) is 7.33. The second kappa shape index (κ2) is 5.84. The van der Waals surface area contributed by atoms with Gasteiger partial charge in [-0.1, -0.05) is 0 Å². The van der Waals surface area contributed by atoms with E-state index in [1.807, 2.05) is 11.8 Å². The van der Waals surface area contributed by atoms with E-state index in [-0.39, 0.29) is 30.5 Å². The molecule has 2 heterocycles. The number of nitrogens with one attached hydrogen (secondary N) is 1. The fourth-order valence-corrected chi connectivity index (χ4v) is 2.31. The van der Waals surface area contributed by atoms with E-state index in [4.69, 9.17) is 4.74 Å². The number of halogens is 1. The molecule has 0 bridgehead atoms. The number of nitrogens with zero attached hydrogens (tertiary/aromatic N) is 1. The van der Waals surface area contributed by atoms with Crippen molar-refractivity contribution < 1.29 is 9.53 Å². The summed E-state index contributed by atoms with van der Waals surface area (Å²) in [7, 11) is 0. The van der Waals surface area contributed by atoms with Crippen molar-refractivity contribution >= 4 is 18.3 Å². The molecule has 2 fully saturated rings. The molecule has 2 saturated heterocycles. The molecular weight excluding hydrogens is 228 g/mol. The van der Waals surface area contributed by atoms with Crippen molar-refractivity contribution in [2.75, 3.05) is 26.2 Å². The number of morpholine rings is 1. The first-order valence-corrected chi connectivity index (χ1v) is 5.81. The predicted octanol–water partition coefficient (Wildman–Crippen LogP) is 0.653. The Bertz CT molecular complexity index is 244. The van der Waals surface area contributed by atoms with Crippen LogP contribution in [-0.4, -0.2) is 49.2 Å². The second-order valence-corrected chi connectivity index (χ2v) is 4.67. The van der Waals surface area contributed by atoms with E-state index in [9.17, 15) is 4.79 Å². The van der Waals surface area contributed by atoms with Crippen LogP contribution in [0.4, 0.5) is 0 Å². The number of ether oxygens (including phenoxy) is 1. The average molecular weight is 249 g/mol. The second-order valence-electron chi connectivity index (χ2n) is 4.67. The number of hydrogen-bond acceptors (Lipinski definition) is 3. The summed E-state index contributed by atoms with van der Waals surface area (Å²) in [4.78, 5) is 14.2. The standard InChI is InChI=1S/C11H20N2O2.ClH/c1-8-7-15-9(2)6-13(8)11(14)10-3-4-12-5-10;/h8-10,12H,3-7H2,1-2H3;1H/t8?,9?,10-;/m0./s1. The molecule has 0 aliphatic carbocycles. The maximum absolute atomic E-state index is 12.2. The molecule has 2 aliphatic rings. The molecule has 1 amide bonds. The zero-order valence-corrected chi connectivity index (χ0v) is 10.8. The van der Waals surface area contributed by atoms with Crippen LogP contribution in [0.25, 0.3) is 0 Å². The summed E-state index contributed by atoms with van der Waals surface area (Å²) in [5, 5.41) is 3.24. The minimum absolute atomic E-state index is 0. The lowest BCUT2D eigenvalue weighted by molar-refractivity contribution is -0.146. The van der Waals surface area contributed by atoms with Gasteiger partial charge in [0.05, 0.1) is 24.7 Å². The van der Waals surface area contributed by atoms with E-state index in [1.165, 1.54) is 0 Å². The molecule has 2 aliphatic heterocycles. The Morgan fingerprint density at radius 3 is 2.81 bits per heavy atom. The van der Waals surface area contributed by atoms with Crippen LogP contribution in [0.5, 0.6) is 0 Å². The van der Waals surface area contributed by atoms with Gasteiger partial charge in [-0.15, -0.1) is 12.4 Å². The molecule has 3 atom stereocenters. The highest BCUT2D eigenvalue weighted by atomic mass is 35.5. The molecule has 1 N–H and O–H groups in total. The molecule has 0 spiro atoms. The molecule has 0 aromatic heterocycles. The monoisotopic (exact) mass is 248 g/mol. The molecule has 2 rings (SSSR count). The van der Waals surface area contributed by atoms with Crippen LogP contribution in [0, 0.1) is 5.92 Å². The summed E-state index contributed by atoms with van der Waals surface area (Å²) < 4.78 is 5.52. The maximum atomic E-state index is 12.2. The molecule has 2 unspecified atom stereocenters. The molecule has 16 heavy (non-hydrogen) atoms. The van der Waals surface area contributed by atoms with Gasteiger partial charge in [0.25, 0.3) is 0 Å². The molecular formula is C11H21ClN2O2. The van der Waals surface area contributed by atoms with Crippen molar-refractivity contribution in [1.82, 2.24) is 10.2 Å². The zero-order chi connectivity index (χ0) is 10.8. The van der Waals surface area contributed by atoms with Gasteiger partial charge in [-0.25, -0.2) is 0 Å². The number of carbonyl (C=O) groups is 1. The van der Waals surface area contributed by atoms with Gasteiger partial charge in [0.1, 0.15) is 0 Å². The summed E-state index contributed by atoms with van der Waals surface area (Å²) >= 11 is 0. The predicted molar refractivity (Wildman–Crippen MR) is 64.8 cm³/mol. The van der Waals surface area contributed by atoms with Crippen LogP contribution < -0.4 is 5.32 Å². The third kappa shape index (κ3) is 2.87. The lowest BCUT2D eigenvalue weighted by Gasteiger charge is -2.38. The van der Waals surface area contributed by atoms with E-state index in [0.717, 1.165) is 26.1 Å². The summed E-state index contributed by atoms with van der Waals surface area (Å²) in [5.41, 5.74) is 0. The van der Waals surface area contributed by atoms with Crippen LogP contribution >= 0.6 is 12.4 Å². The van der Waals surface area contributed by atoms with Crippen molar-refractivity contribution in [2.24, 2.45) is 5.92 Å². The van der Waals surface area contributed by atoms with Crippen molar-refractivity contribution in [2.45, 2.75) is 32.4 Å². The molecule has 5 heteroatoms. The fourth-order valence-electron chi connectivity index (χ4n) is 2.31. The molecule has 0 aromatic rings. The quantitative estimate of drug-likeness (QED) is 0.741. The fraction of sp³-hybridized carbons (Fsp3) is 0.909.